The van der Waals surface area contributed by atoms with Gasteiger partial charge in [-0.25, -0.2) is 0 Å². The van der Waals surface area contributed by atoms with E-state index in [4.69, 9.17) is 0 Å². The van der Waals surface area contributed by atoms with Crippen LogP contribution >= 0.6 is 0 Å². The molecule has 84 valence electrons. The third-order valence-electron chi connectivity index (χ3n) is 3.19. The molecule has 0 aromatic rings. The lowest BCUT2D eigenvalue weighted by molar-refractivity contribution is -0.116. The fourth-order valence-electron chi connectivity index (χ4n) is 2.25. The minimum atomic E-state index is -0.0309. The molecule has 0 spiro atoms. The van der Waals surface area contributed by atoms with Crippen molar-refractivity contribution in [2.24, 2.45) is 5.41 Å². The quantitative estimate of drug-likeness (QED) is 0.693. The van der Waals surface area contributed by atoms with Crippen LogP contribution in [-0.4, -0.2) is 13.0 Å². The van der Waals surface area contributed by atoms with Crippen LogP contribution in [-0.2, 0) is 4.79 Å². The van der Waals surface area contributed by atoms with E-state index in [1.54, 1.807) is 13.1 Å². The molecule has 1 N–H and O–H groups in total. The summed E-state index contributed by atoms with van der Waals surface area (Å²) in [5, 5.41) is 2.60. The molecule has 1 aliphatic rings. The number of amides is 1. The van der Waals surface area contributed by atoms with Crippen LogP contribution in [0.4, 0.5) is 0 Å². The van der Waals surface area contributed by atoms with Gasteiger partial charge in [0.15, 0.2) is 0 Å². The van der Waals surface area contributed by atoms with Crippen molar-refractivity contribution in [3.05, 3.63) is 23.3 Å². The van der Waals surface area contributed by atoms with Gasteiger partial charge >= 0.3 is 0 Å². The maximum atomic E-state index is 11.2. The van der Waals surface area contributed by atoms with Crippen LogP contribution in [0.3, 0.4) is 0 Å². The van der Waals surface area contributed by atoms with Gasteiger partial charge in [0.2, 0.25) is 5.91 Å². The normalized spacial score (nSPS) is 20.8. The van der Waals surface area contributed by atoms with E-state index >= 15 is 0 Å². The van der Waals surface area contributed by atoms with E-state index in [1.165, 1.54) is 24.0 Å². The molecular weight excluding hydrogens is 186 g/mol. The maximum Gasteiger partial charge on any atom is 0.243 e. The van der Waals surface area contributed by atoms with Crippen LogP contribution in [0.5, 0.6) is 0 Å². The summed E-state index contributed by atoms with van der Waals surface area (Å²) in [5.74, 6) is -0.0309. The van der Waals surface area contributed by atoms with Gasteiger partial charge in [-0.3, -0.25) is 4.79 Å². The Bertz CT molecular complexity index is 310. The second-order valence-corrected chi connectivity index (χ2v) is 4.88. The van der Waals surface area contributed by atoms with E-state index in [1.807, 2.05) is 6.08 Å². The molecule has 1 amide bonds. The first-order valence-electron chi connectivity index (χ1n) is 5.57. The highest BCUT2D eigenvalue weighted by molar-refractivity contribution is 5.87. The van der Waals surface area contributed by atoms with Crippen molar-refractivity contribution >= 4 is 5.91 Å². The molecule has 2 nitrogen and oxygen atoms in total. The smallest absolute Gasteiger partial charge is 0.243 e. The molecule has 1 aliphatic carbocycles. The van der Waals surface area contributed by atoms with Gasteiger partial charge in [0, 0.05) is 13.1 Å². The molecule has 0 saturated heterocycles. The Morgan fingerprint density at radius 2 is 2.13 bits per heavy atom. The summed E-state index contributed by atoms with van der Waals surface area (Å²) in [4.78, 5) is 11.2. The van der Waals surface area contributed by atoms with Crippen molar-refractivity contribution in [2.45, 2.75) is 40.0 Å². The minimum Gasteiger partial charge on any atom is -0.356 e. The summed E-state index contributed by atoms with van der Waals surface area (Å²) < 4.78 is 0. The summed E-state index contributed by atoms with van der Waals surface area (Å²) in [7, 11) is 1.65. The number of hydrogen-bond donors (Lipinski definition) is 1. The van der Waals surface area contributed by atoms with Crippen molar-refractivity contribution in [1.82, 2.24) is 5.32 Å². The highest BCUT2D eigenvalue weighted by Crippen LogP contribution is 2.40. The first-order valence-corrected chi connectivity index (χ1v) is 5.57. The number of nitrogens with one attached hydrogen (secondary N) is 1. The fourth-order valence-corrected chi connectivity index (χ4v) is 2.25. The zero-order valence-electron chi connectivity index (χ0n) is 10.2. The monoisotopic (exact) mass is 207 g/mol. The van der Waals surface area contributed by atoms with E-state index in [0.717, 1.165) is 6.42 Å². The third-order valence-corrected chi connectivity index (χ3v) is 3.19. The van der Waals surface area contributed by atoms with E-state index in [2.05, 4.69) is 26.1 Å². The van der Waals surface area contributed by atoms with Crippen LogP contribution in [0.15, 0.2) is 23.3 Å². The Labute approximate surface area is 92.4 Å². The fraction of sp³-hybridized carbons (Fsp3) is 0.615. The maximum absolute atomic E-state index is 11.2. The Hall–Kier alpha value is -1.05. The van der Waals surface area contributed by atoms with E-state index < -0.39 is 0 Å². The summed E-state index contributed by atoms with van der Waals surface area (Å²) in [6, 6.07) is 0. The van der Waals surface area contributed by atoms with E-state index in [-0.39, 0.29) is 11.3 Å². The first-order chi connectivity index (χ1) is 6.97. The molecule has 0 saturated carbocycles. The molecule has 15 heavy (non-hydrogen) atoms. The lowest BCUT2D eigenvalue weighted by Gasteiger charge is -2.32. The van der Waals surface area contributed by atoms with Crippen LogP contribution in [0, 0.1) is 5.41 Å². The van der Waals surface area contributed by atoms with Gasteiger partial charge in [-0.05, 0) is 37.2 Å². The average Bonchev–Trinajstić information content (AvgIpc) is 2.15. The van der Waals surface area contributed by atoms with Crippen molar-refractivity contribution < 1.29 is 4.79 Å². The standard InChI is InChI=1S/C13H21NO/c1-10-6-5-9-13(2,3)11(10)7-8-12(15)14-4/h7-8H,5-6,9H2,1-4H3,(H,14,15)/b8-7+. The van der Waals surface area contributed by atoms with Crippen molar-refractivity contribution in [3.63, 3.8) is 0 Å². The molecule has 0 heterocycles. The van der Waals surface area contributed by atoms with E-state index in [0.29, 0.717) is 0 Å². The predicted octanol–water partition coefficient (Wildman–Crippen LogP) is 2.82. The number of rotatable bonds is 2. The molecule has 0 radical (unpaired) electrons. The number of hydrogen-bond acceptors (Lipinski definition) is 1. The largest absolute Gasteiger partial charge is 0.356 e. The van der Waals surface area contributed by atoms with Crippen LogP contribution in [0.1, 0.15) is 40.0 Å². The SMILES string of the molecule is CNC(=O)/C=C/C1=C(C)CCCC1(C)C. The molecule has 0 bridgehead atoms. The second kappa shape index (κ2) is 4.65. The topological polar surface area (TPSA) is 29.1 Å². The van der Waals surface area contributed by atoms with Gasteiger partial charge in [0.05, 0.1) is 0 Å². The van der Waals surface area contributed by atoms with Crippen LogP contribution < -0.4 is 5.32 Å². The molecular formula is C13H21NO. The molecule has 0 fully saturated rings. The summed E-state index contributed by atoms with van der Waals surface area (Å²) in [5.41, 5.74) is 2.97. The number of carbonyl (C=O) groups excluding carboxylic acids is 1. The van der Waals surface area contributed by atoms with Gasteiger partial charge in [0.1, 0.15) is 0 Å². The Morgan fingerprint density at radius 3 is 2.67 bits per heavy atom. The number of likely N-dealkylation sites (N-methyl/N-ethyl adjacent to an activating group) is 1. The summed E-state index contributed by atoms with van der Waals surface area (Å²) >= 11 is 0. The first kappa shape index (κ1) is 12.0. The molecule has 0 atom stereocenters. The minimum absolute atomic E-state index is 0.0309. The third kappa shape index (κ3) is 2.95. The van der Waals surface area contributed by atoms with Crippen molar-refractivity contribution in [3.8, 4) is 0 Å². The molecule has 0 unspecified atom stereocenters. The molecule has 1 rings (SSSR count). The van der Waals surface area contributed by atoms with Gasteiger partial charge < -0.3 is 5.32 Å². The Kier molecular flexibility index (Phi) is 3.72. The average molecular weight is 207 g/mol. The van der Waals surface area contributed by atoms with Crippen LogP contribution in [0.2, 0.25) is 0 Å². The highest BCUT2D eigenvalue weighted by atomic mass is 16.1. The van der Waals surface area contributed by atoms with Gasteiger partial charge in [-0.1, -0.05) is 25.5 Å². The van der Waals surface area contributed by atoms with E-state index in [9.17, 15) is 4.79 Å². The lowest BCUT2D eigenvalue weighted by Crippen LogP contribution is -2.20. The second-order valence-electron chi connectivity index (χ2n) is 4.88. The zero-order valence-corrected chi connectivity index (χ0v) is 10.2. The van der Waals surface area contributed by atoms with Crippen molar-refractivity contribution in [1.29, 1.82) is 0 Å². The number of allylic oxidation sites excluding steroid dienone is 3. The van der Waals surface area contributed by atoms with Crippen LogP contribution in [0.25, 0.3) is 0 Å². The molecule has 0 aromatic heterocycles. The Balaban J connectivity index is 2.90. The molecule has 2 heteroatoms. The Morgan fingerprint density at radius 1 is 1.47 bits per heavy atom. The predicted molar refractivity (Wildman–Crippen MR) is 63.5 cm³/mol. The van der Waals surface area contributed by atoms with Crippen molar-refractivity contribution in [2.75, 3.05) is 7.05 Å². The summed E-state index contributed by atoms with van der Waals surface area (Å²) in [6.45, 7) is 6.67. The highest BCUT2D eigenvalue weighted by Gasteiger charge is 2.26. The number of carbonyl (C=O) groups is 1. The molecule has 0 aromatic carbocycles. The zero-order chi connectivity index (χ0) is 11.5. The van der Waals surface area contributed by atoms with Gasteiger partial charge in [-0.2, -0.15) is 0 Å². The van der Waals surface area contributed by atoms with Gasteiger partial charge in [0.25, 0.3) is 0 Å². The van der Waals surface area contributed by atoms with Gasteiger partial charge in [-0.15, -0.1) is 0 Å². The summed E-state index contributed by atoms with van der Waals surface area (Å²) in [6.07, 6.45) is 7.24. The lowest BCUT2D eigenvalue weighted by atomic mass is 9.72. The molecule has 0 aliphatic heterocycles.